The molecule has 1 aromatic carbocycles. The molecule has 0 aliphatic rings. The summed E-state index contributed by atoms with van der Waals surface area (Å²) in [6.45, 7) is 1.96. The van der Waals surface area contributed by atoms with Gasteiger partial charge in [0.2, 0.25) is 0 Å². The minimum absolute atomic E-state index is 0.268. The summed E-state index contributed by atoms with van der Waals surface area (Å²) in [5, 5.41) is 9.17. The van der Waals surface area contributed by atoms with E-state index >= 15 is 0 Å². The molecular formula is C24H18FN7. The lowest BCUT2D eigenvalue weighted by Gasteiger charge is -2.04. The maximum absolute atomic E-state index is 14.5. The summed E-state index contributed by atoms with van der Waals surface area (Å²) in [5.74, 6) is 0.657. The zero-order valence-corrected chi connectivity index (χ0v) is 17.4. The van der Waals surface area contributed by atoms with E-state index in [1.165, 1.54) is 6.07 Å². The number of aryl methyl sites for hydroxylation is 1. The van der Waals surface area contributed by atoms with E-state index in [2.05, 4.69) is 30.1 Å². The SMILES string of the molecule is Cc1ncc(-c2cnc3n[nH]c(-c4cc5c(-c6ccccc6F)ccnc5[nH]4)c3c2)n1C. The molecule has 7 nitrogen and oxygen atoms in total. The number of benzene rings is 1. The first-order chi connectivity index (χ1) is 15.6. The van der Waals surface area contributed by atoms with Crippen molar-refractivity contribution >= 4 is 22.1 Å². The summed E-state index contributed by atoms with van der Waals surface area (Å²) < 4.78 is 16.5. The van der Waals surface area contributed by atoms with Crippen molar-refractivity contribution in [2.45, 2.75) is 6.92 Å². The first kappa shape index (κ1) is 18.4. The van der Waals surface area contributed by atoms with E-state index < -0.39 is 0 Å². The van der Waals surface area contributed by atoms with Gasteiger partial charge in [0.15, 0.2) is 5.65 Å². The zero-order valence-electron chi connectivity index (χ0n) is 17.4. The molecule has 0 spiro atoms. The third-order valence-corrected chi connectivity index (χ3v) is 5.89. The summed E-state index contributed by atoms with van der Waals surface area (Å²) in [4.78, 5) is 16.7. The number of nitrogens with zero attached hydrogens (tertiary/aromatic N) is 5. The topological polar surface area (TPSA) is 88.1 Å². The molecule has 156 valence electrons. The Kier molecular flexibility index (Phi) is 3.94. The first-order valence-corrected chi connectivity index (χ1v) is 10.2. The largest absolute Gasteiger partial charge is 0.338 e. The summed E-state index contributed by atoms with van der Waals surface area (Å²) in [6.07, 6.45) is 5.32. The van der Waals surface area contributed by atoms with Crippen LogP contribution in [-0.4, -0.2) is 34.7 Å². The van der Waals surface area contributed by atoms with Crippen molar-refractivity contribution in [3.05, 3.63) is 72.7 Å². The molecule has 0 fully saturated rings. The van der Waals surface area contributed by atoms with Gasteiger partial charge in [0, 0.05) is 41.3 Å². The lowest BCUT2D eigenvalue weighted by molar-refractivity contribution is 0.631. The number of pyridine rings is 2. The monoisotopic (exact) mass is 423 g/mol. The van der Waals surface area contributed by atoms with Crippen LogP contribution in [0.4, 0.5) is 4.39 Å². The molecule has 0 unspecified atom stereocenters. The van der Waals surface area contributed by atoms with Crippen molar-refractivity contribution in [1.29, 1.82) is 0 Å². The van der Waals surface area contributed by atoms with Gasteiger partial charge >= 0.3 is 0 Å². The highest BCUT2D eigenvalue weighted by molar-refractivity contribution is 5.99. The Hall–Kier alpha value is -4.33. The molecule has 0 amide bonds. The number of hydrogen-bond donors (Lipinski definition) is 2. The maximum Gasteiger partial charge on any atom is 0.181 e. The number of nitrogens with one attached hydrogen (secondary N) is 2. The Morgan fingerprint density at radius 1 is 0.938 bits per heavy atom. The van der Waals surface area contributed by atoms with E-state index in [4.69, 9.17) is 0 Å². The Balaban J connectivity index is 1.53. The molecule has 0 radical (unpaired) electrons. The van der Waals surface area contributed by atoms with Gasteiger partial charge in [0.1, 0.15) is 17.3 Å². The summed E-state index contributed by atoms with van der Waals surface area (Å²) in [6, 6.07) is 12.6. The van der Waals surface area contributed by atoms with E-state index in [9.17, 15) is 4.39 Å². The number of halogens is 1. The fourth-order valence-electron chi connectivity index (χ4n) is 4.09. The standard InChI is InChI=1S/C24H18FN7/c1-13-27-12-21(32(13)2)14-9-18-22(30-31-24(18)28-11-14)20-10-17-15(7-8-26-23(17)29-20)16-5-3-4-6-19(16)25/h3-12H,1-2H3,(H,26,29)(H,28,30,31). The van der Waals surface area contributed by atoms with Crippen LogP contribution in [-0.2, 0) is 7.05 Å². The third kappa shape index (κ3) is 2.73. The summed E-state index contributed by atoms with van der Waals surface area (Å²) >= 11 is 0. The van der Waals surface area contributed by atoms with Gasteiger partial charge in [-0.3, -0.25) is 5.10 Å². The lowest BCUT2D eigenvalue weighted by Crippen LogP contribution is -1.94. The first-order valence-electron chi connectivity index (χ1n) is 10.2. The summed E-state index contributed by atoms with van der Waals surface area (Å²) in [7, 11) is 1.98. The molecule has 0 atom stereocenters. The number of imidazole rings is 1. The molecule has 5 aromatic heterocycles. The molecule has 0 saturated carbocycles. The number of fused-ring (bicyclic) bond motifs is 2. The van der Waals surface area contributed by atoms with Crippen LogP contribution in [0.15, 0.2) is 61.1 Å². The Morgan fingerprint density at radius 3 is 2.62 bits per heavy atom. The molecule has 0 bridgehead atoms. The minimum Gasteiger partial charge on any atom is -0.338 e. The normalized spacial score (nSPS) is 11.6. The lowest BCUT2D eigenvalue weighted by atomic mass is 10.0. The Labute approximate surface area is 182 Å². The molecule has 0 aliphatic carbocycles. The van der Waals surface area contributed by atoms with Crippen molar-refractivity contribution < 1.29 is 4.39 Å². The van der Waals surface area contributed by atoms with Crippen LogP contribution >= 0.6 is 0 Å². The van der Waals surface area contributed by atoms with Gasteiger partial charge in [-0.05, 0) is 36.8 Å². The third-order valence-electron chi connectivity index (χ3n) is 5.89. The van der Waals surface area contributed by atoms with Crippen LogP contribution in [0.3, 0.4) is 0 Å². The predicted molar refractivity (Wildman–Crippen MR) is 121 cm³/mol. The molecule has 6 rings (SSSR count). The minimum atomic E-state index is -0.268. The van der Waals surface area contributed by atoms with Crippen LogP contribution in [0, 0.1) is 12.7 Å². The highest BCUT2D eigenvalue weighted by Gasteiger charge is 2.17. The van der Waals surface area contributed by atoms with Crippen molar-refractivity contribution in [3.63, 3.8) is 0 Å². The van der Waals surface area contributed by atoms with Gasteiger partial charge < -0.3 is 9.55 Å². The molecule has 5 heterocycles. The number of aromatic amines is 2. The van der Waals surface area contributed by atoms with Gasteiger partial charge in [-0.25, -0.2) is 19.3 Å². The van der Waals surface area contributed by atoms with Gasteiger partial charge in [-0.1, -0.05) is 18.2 Å². The highest BCUT2D eigenvalue weighted by atomic mass is 19.1. The quantitative estimate of drug-likeness (QED) is 0.419. The number of H-pyrrole nitrogens is 2. The van der Waals surface area contributed by atoms with Crippen molar-refractivity contribution in [2.24, 2.45) is 7.05 Å². The average molecular weight is 423 g/mol. The van der Waals surface area contributed by atoms with E-state index in [-0.39, 0.29) is 5.82 Å². The van der Waals surface area contributed by atoms with Crippen molar-refractivity contribution in [3.8, 4) is 33.8 Å². The molecule has 32 heavy (non-hydrogen) atoms. The Morgan fingerprint density at radius 2 is 1.81 bits per heavy atom. The van der Waals surface area contributed by atoms with E-state index in [1.54, 1.807) is 24.5 Å². The Bertz CT molecular complexity index is 1620. The fourth-order valence-corrected chi connectivity index (χ4v) is 4.09. The predicted octanol–water partition coefficient (Wildman–Crippen LogP) is 5.02. The molecule has 0 saturated heterocycles. The van der Waals surface area contributed by atoms with E-state index in [1.807, 2.05) is 49.0 Å². The molecular weight excluding hydrogens is 405 g/mol. The number of hydrogen-bond acceptors (Lipinski definition) is 4. The second-order valence-electron chi connectivity index (χ2n) is 7.73. The van der Waals surface area contributed by atoms with Crippen LogP contribution in [0.5, 0.6) is 0 Å². The smallest absolute Gasteiger partial charge is 0.181 e. The highest BCUT2D eigenvalue weighted by Crippen LogP contribution is 2.34. The van der Waals surface area contributed by atoms with Gasteiger partial charge in [0.05, 0.1) is 23.3 Å². The van der Waals surface area contributed by atoms with Gasteiger partial charge in [-0.15, -0.1) is 0 Å². The second kappa shape index (κ2) is 6.84. The van der Waals surface area contributed by atoms with Gasteiger partial charge in [0.25, 0.3) is 0 Å². The van der Waals surface area contributed by atoms with Crippen LogP contribution in [0.25, 0.3) is 55.8 Å². The second-order valence-corrected chi connectivity index (χ2v) is 7.73. The number of rotatable bonds is 3. The van der Waals surface area contributed by atoms with Crippen LogP contribution < -0.4 is 0 Å². The molecule has 2 N–H and O–H groups in total. The van der Waals surface area contributed by atoms with Crippen LogP contribution in [0.1, 0.15) is 5.82 Å². The molecule has 0 aliphatic heterocycles. The summed E-state index contributed by atoms with van der Waals surface area (Å²) in [5.41, 5.74) is 6.14. The molecule has 8 heteroatoms. The van der Waals surface area contributed by atoms with E-state index in [0.29, 0.717) is 16.9 Å². The van der Waals surface area contributed by atoms with Crippen LogP contribution in [0.2, 0.25) is 0 Å². The van der Waals surface area contributed by atoms with Gasteiger partial charge in [-0.2, -0.15) is 5.10 Å². The molecule has 6 aromatic rings. The van der Waals surface area contributed by atoms with Crippen molar-refractivity contribution in [1.82, 2.24) is 34.7 Å². The van der Waals surface area contributed by atoms with E-state index in [0.717, 1.165) is 44.8 Å². The maximum atomic E-state index is 14.5. The fraction of sp³-hybridized carbons (Fsp3) is 0.0833. The zero-order chi connectivity index (χ0) is 21.8. The number of aromatic nitrogens is 7. The van der Waals surface area contributed by atoms with Crippen molar-refractivity contribution in [2.75, 3.05) is 0 Å². The average Bonchev–Trinajstić information content (AvgIpc) is 3.50.